The van der Waals surface area contributed by atoms with Gasteiger partial charge in [-0.1, -0.05) is 43.3 Å². The number of carboxylic acid groups (broad SMARTS) is 1. The van der Waals surface area contributed by atoms with Gasteiger partial charge < -0.3 is 23.9 Å². The van der Waals surface area contributed by atoms with Crippen LogP contribution in [-0.4, -0.2) is 42.1 Å². The smallest absolute Gasteiger partial charge is 0.306 e. The Morgan fingerprint density at radius 3 is 2.39 bits per heavy atom. The average molecular weight is 516 g/mol. The van der Waals surface area contributed by atoms with E-state index in [0.717, 1.165) is 34.1 Å². The van der Waals surface area contributed by atoms with Gasteiger partial charge in [-0.2, -0.15) is 0 Å². The molecule has 0 aliphatic carbocycles. The predicted molar refractivity (Wildman–Crippen MR) is 146 cm³/mol. The van der Waals surface area contributed by atoms with Crippen LogP contribution in [0, 0.1) is 0 Å². The standard InChI is InChI=1S/C31H33NO6/c1-4-16-37-26-13-12-23-17-25(11-10-24(23)18-26)31(35)32(3)20-27-14-15-28(38-27)21-6-8-22(9-7-21)29(36-5-2)19-30(33)34/h6-15,17-18,29H,4-5,16,19-20H2,1-3H3,(H,33,34)/t29-/m0/s1. The molecular weight excluding hydrogens is 482 g/mol. The fraction of sp³-hybridized carbons (Fsp3) is 0.290. The minimum Gasteiger partial charge on any atom is -0.494 e. The molecule has 4 rings (SSSR count). The van der Waals surface area contributed by atoms with Crippen LogP contribution in [0.4, 0.5) is 0 Å². The van der Waals surface area contributed by atoms with E-state index in [9.17, 15) is 9.59 Å². The summed E-state index contributed by atoms with van der Waals surface area (Å²) in [7, 11) is 1.75. The Morgan fingerprint density at radius 1 is 0.947 bits per heavy atom. The van der Waals surface area contributed by atoms with Crippen molar-refractivity contribution < 1.29 is 28.6 Å². The van der Waals surface area contributed by atoms with Crippen molar-refractivity contribution in [3.8, 4) is 17.1 Å². The Bertz CT molecular complexity index is 1390. The van der Waals surface area contributed by atoms with Crippen LogP contribution in [0.5, 0.6) is 5.75 Å². The number of nitrogens with zero attached hydrogens (tertiary/aromatic N) is 1. The zero-order chi connectivity index (χ0) is 27.1. The van der Waals surface area contributed by atoms with Gasteiger partial charge in [-0.25, -0.2) is 0 Å². The molecule has 198 valence electrons. The molecule has 38 heavy (non-hydrogen) atoms. The second kappa shape index (κ2) is 12.4. The number of fused-ring (bicyclic) bond motifs is 1. The molecule has 0 saturated heterocycles. The molecule has 0 fully saturated rings. The summed E-state index contributed by atoms with van der Waals surface area (Å²) in [5.74, 6) is 1.16. The lowest BCUT2D eigenvalue weighted by Gasteiger charge is -2.16. The molecule has 0 unspecified atom stereocenters. The van der Waals surface area contributed by atoms with E-state index in [-0.39, 0.29) is 12.3 Å². The van der Waals surface area contributed by atoms with Crippen LogP contribution in [-0.2, 0) is 16.1 Å². The van der Waals surface area contributed by atoms with Crippen molar-refractivity contribution in [2.75, 3.05) is 20.3 Å². The van der Waals surface area contributed by atoms with E-state index in [2.05, 4.69) is 6.92 Å². The maximum absolute atomic E-state index is 13.1. The van der Waals surface area contributed by atoms with Crippen molar-refractivity contribution in [3.63, 3.8) is 0 Å². The van der Waals surface area contributed by atoms with Gasteiger partial charge in [-0.05, 0) is 66.1 Å². The van der Waals surface area contributed by atoms with Crippen molar-refractivity contribution in [1.29, 1.82) is 0 Å². The number of rotatable bonds is 12. The van der Waals surface area contributed by atoms with Gasteiger partial charge in [0.25, 0.3) is 5.91 Å². The summed E-state index contributed by atoms with van der Waals surface area (Å²) in [6, 6.07) is 22.8. The van der Waals surface area contributed by atoms with Crippen LogP contribution >= 0.6 is 0 Å². The van der Waals surface area contributed by atoms with Gasteiger partial charge in [0.05, 0.1) is 25.7 Å². The van der Waals surface area contributed by atoms with E-state index in [1.165, 1.54) is 0 Å². The zero-order valence-corrected chi connectivity index (χ0v) is 22.0. The van der Waals surface area contributed by atoms with E-state index in [1.54, 1.807) is 11.9 Å². The van der Waals surface area contributed by atoms with Gasteiger partial charge in [0.1, 0.15) is 17.3 Å². The van der Waals surface area contributed by atoms with Crippen LogP contribution in [0.15, 0.2) is 77.2 Å². The summed E-state index contributed by atoms with van der Waals surface area (Å²) in [4.78, 5) is 25.9. The molecule has 0 aliphatic rings. The lowest BCUT2D eigenvalue weighted by molar-refractivity contribution is -0.140. The van der Waals surface area contributed by atoms with Gasteiger partial charge in [-0.3, -0.25) is 9.59 Å². The Labute approximate surface area is 222 Å². The van der Waals surface area contributed by atoms with Gasteiger partial charge in [0.2, 0.25) is 0 Å². The van der Waals surface area contributed by atoms with Crippen LogP contribution in [0.2, 0.25) is 0 Å². The SMILES string of the molecule is CCCOc1ccc2cc(C(=O)N(C)Cc3ccc(-c4ccc([C@H](CC(=O)O)OCC)cc4)o3)ccc2c1. The van der Waals surface area contributed by atoms with Gasteiger partial charge in [0.15, 0.2) is 0 Å². The summed E-state index contributed by atoms with van der Waals surface area (Å²) in [6.45, 7) is 5.34. The highest BCUT2D eigenvalue weighted by Gasteiger charge is 2.17. The molecule has 0 spiro atoms. The highest BCUT2D eigenvalue weighted by atomic mass is 16.5. The Kier molecular flexibility index (Phi) is 8.81. The topological polar surface area (TPSA) is 89.2 Å². The number of furan rings is 1. The highest BCUT2D eigenvalue weighted by molar-refractivity contribution is 5.98. The summed E-state index contributed by atoms with van der Waals surface area (Å²) < 4.78 is 17.3. The number of benzene rings is 3. The molecule has 1 heterocycles. The van der Waals surface area contributed by atoms with Gasteiger partial charge in [-0.15, -0.1) is 0 Å². The van der Waals surface area contributed by atoms with Crippen molar-refractivity contribution in [2.24, 2.45) is 0 Å². The van der Waals surface area contributed by atoms with E-state index in [4.69, 9.17) is 19.0 Å². The van der Waals surface area contributed by atoms with Gasteiger partial charge >= 0.3 is 5.97 Å². The van der Waals surface area contributed by atoms with E-state index in [1.807, 2.05) is 79.7 Å². The molecule has 7 heteroatoms. The Hall–Kier alpha value is -4.10. The first-order chi connectivity index (χ1) is 18.4. The minimum atomic E-state index is -0.906. The minimum absolute atomic E-state index is 0.0932. The molecule has 0 radical (unpaired) electrons. The quantitative estimate of drug-likeness (QED) is 0.225. The molecule has 7 nitrogen and oxygen atoms in total. The molecule has 1 N–H and O–H groups in total. The normalized spacial score (nSPS) is 11.9. The molecular formula is C31H33NO6. The fourth-order valence-corrected chi connectivity index (χ4v) is 4.31. The lowest BCUT2D eigenvalue weighted by Crippen LogP contribution is -2.25. The lowest BCUT2D eigenvalue weighted by atomic mass is 10.0. The van der Waals surface area contributed by atoms with Crippen molar-refractivity contribution in [1.82, 2.24) is 4.90 Å². The molecule has 1 atom stereocenters. The maximum Gasteiger partial charge on any atom is 0.306 e. The maximum atomic E-state index is 13.1. The Balaban J connectivity index is 1.42. The third-order valence-electron chi connectivity index (χ3n) is 6.23. The van der Waals surface area contributed by atoms with Crippen molar-refractivity contribution in [3.05, 3.63) is 89.7 Å². The number of ether oxygens (including phenoxy) is 2. The average Bonchev–Trinajstić information content (AvgIpc) is 3.39. The first kappa shape index (κ1) is 26.9. The second-order valence-corrected chi connectivity index (χ2v) is 9.16. The van der Waals surface area contributed by atoms with E-state index < -0.39 is 12.1 Å². The van der Waals surface area contributed by atoms with Crippen molar-refractivity contribution >= 4 is 22.6 Å². The van der Waals surface area contributed by atoms with Crippen molar-refractivity contribution in [2.45, 2.75) is 39.3 Å². The number of carbonyl (C=O) groups excluding carboxylic acids is 1. The highest BCUT2D eigenvalue weighted by Crippen LogP contribution is 2.28. The first-order valence-electron chi connectivity index (χ1n) is 12.8. The Morgan fingerprint density at radius 2 is 1.68 bits per heavy atom. The third kappa shape index (κ3) is 6.61. The number of amides is 1. The number of aliphatic carboxylic acids is 1. The first-order valence-corrected chi connectivity index (χ1v) is 12.8. The van der Waals surface area contributed by atoms with E-state index >= 15 is 0 Å². The summed E-state index contributed by atoms with van der Waals surface area (Å²) in [6.07, 6.45) is 0.361. The van der Waals surface area contributed by atoms with Crippen LogP contribution in [0.1, 0.15) is 54.5 Å². The number of carboxylic acids is 1. The second-order valence-electron chi connectivity index (χ2n) is 9.16. The molecule has 4 aromatic rings. The molecule has 3 aromatic carbocycles. The predicted octanol–water partition coefficient (Wildman–Crippen LogP) is 6.71. The summed E-state index contributed by atoms with van der Waals surface area (Å²) in [5.41, 5.74) is 2.27. The van der Waals surface area contributed by atoms with Crippen LogP contribution < -0.4 is 4.74 Å². The molecule has 0 bridgehead atoms. The summed E-state index contributed by atoms with van der Waals surface area (Å²) in [5, 5.41) is 11.1. The number of hydrogen-bond acceptors (Lipinski definition) is 5. The molecule has 0 aliphatic heterocycles. The van der Waals surface area contributed by atoms with Crippen LogP contribution in [0.3, 0.4) is 0 Å². The van der Waals surface area contributed by atoms with Gasteiger partial charge in [0, 0.05) is 24.8 Å². The molecule has 0 saturated carbocycles. The third-order valence-corrected chi connectivity index (χ3v) is 6.23. The number of hydrogen-bond donors (Lipinski definition) is 1. The monoisotopic (exact) mass is 515 g/mol. The van der Waals surface area contributed by atoms with E-state index in [0.29, 0.717) is 36.8 Å². The molecule has 1 aromatic heterocycles. The largest absolute Gasteiger partial charge is 0.494 e. The number of carbonyl (C=O) groups is 2. The fourth-order valence-electron chi connectivity index (χ4n) is 4.31. The zero-order valence-electron chi connectivity index (χ0n) is 22.0. The van der Waals surface area contributed by atoms with Crippen LogP contribution in [0.25, 0.3) is 22.1 Å². The molecule has 1 amide bonds. The summed E-state index contributed by atoms with van der Waals surface area (Å²) >= 11 is 0.